The van der Waals surface area contributed by atoms with Crippen molar-refractivity contribution >= 4 is 5.91 Å². The van der Waals surface area contributed by atoms with Crippen molar-refractivity contribution in [2.75, 3.05) is 0 Å². The summed E-state index contributed by atoms with van der Waals surface area (Å²) in [5.74, 6) is -0.146. The van der Waals surface area contributed by atoms with Crippen LogP contribution in [0.25, 0.3) is 0 Å². The van der Waals surface area contributed by atoms with Crippen LogP contribution < -0.4 is 5.32 Å². The van der Waals surface area contributed by atoms with E-state index in [1.165, 1.54) is 25.5 Å². The molecular weight excluding hydrogens is 257 g/mol. The molecule has 0 spiro atoms. The lowest BCUT2D eigenvalue weighted by Gasteiger charge is -2.20. The van der Waals surface area contributed by atoms with Crippen LogP contribution in [0.1, 0.15) is 49.8 Å². The highest BCUT2D eigenvalue weighted by Gasteiger charge is 2.17. The highest BCUT2D eigenvalue weighted by molar-refractivity contribution is 5.76. The first-order valence-corrected chi connectivity index (χ1v) is 7.00. The largest absolute Gasteiger partial charge is 0.350 e. The maximum absolute atomic E-state index is 13.6. The third-order valence-electron chi connectivity index (χ3n) is 3.70. The van der Waals surface area contributed by atoms with Crippen LogP contribution >= 0.6 is 0 Å². The molecule has 1 saturated carbocycles. The van der Waals surface area contributed by atoms with E-state index in [9.17, 15) is 9.18 Å². The molecule has 4 nitrogen and oxygen atoms in total. The second-order valence-electron chi connectivity index (χ2n) is 5.25. The molecule has 1 fully saturated rings. The average Bonchev–Trinajstić information content (AvgIpc) is 2.47. The predicted octanol–water partition coefficient (Wildman–Crippen LogP) is 2.68. The zero-order valence-electron chi connectivity index (χ0n) is 11.4. The highest BCUT2D eigenvalue weighted by Crippen LogP contribution is 2.26. The summed E-state index contributed by atoms with van der Waals surface area (Å²) >= 11 is 0. The van der Waals surface area contributed by atoms with E-state index in [1.54, 1.807) is 0 Å². The molecule has 0 aromatic carbocycles. The molecule has 1 heterocycles. The monoisotopic (exact) mass is 275 g/mol. The van der Waals surface area contributed by atoms with Crippen LogP contribution in [0.3, 0.4) is 0 Å². The fourth-order valence-corrected chi connectivity index (χ4v) is 2.57. The molecule has 2 rings (SSSR count). The number of rotatable bonds is 4. The minimum Gasteiger partial charge on any atom is -0.350 e. The van der Waals surface area contributed by atoms with Crippen molar-refractivity contribution in [3.05, 3.63) is 29.3 Å². The Morgan fingerprint density at radius 1 is 1.45 bits per heavy atom. The first-order chi connectivity index (χ1) is 9.69. The Bertz CT molecular complexity index is 518. The van der Waals surface area contributed by atoms with Gasteiger partial charge in [-0.25, -0.2) is 4.39 Å². The minimum absolute atomic E-state index is 0.0533. The van der Waals surface area contributed by atoms with Gasteiger partial charge in [0, 0.05) is 12.6 Å². The number of hydrogen-bond donors (Lipinski definition) is 1. The summed E-state index contributed by atoms with van der Waals surface area (Å²) in [6.45, 7) is 0.0725. The molecular formula is C15H18FN3O. The molecule has 1 aliphatic rings. The number of amides is 1. The Labute approximate surface area is 118 Å². The number of nitriles is 1. The molecule has 1 aliphatic carbocycles. The summed E-state index contributed by atoms with van der Waals surface area (Å²) in [6.07, 6.45) is 7.70. The first kappa shape index (κ1) is 14.4. The number of pyridine rings is 1. The van der Waals surface area contributed by atoms with Gasteiger partial charge in [0.1, 0.15) is 11.9 Å². The lowest BCUT2D eigenvalue weighted by molar-refractivity contribution is -0.122. The molecule has 5 heteroatoms. The van der Waals surface area contributed by atoms with Crippen LogP contribution in [0.2, 0.25) is 0 Å². The summed E-state index contributed by atoms with van der Waals surface area (Å²) < 4.78 is 13.6. The van der Waals surface area contributed by atoms with Gasteiger partial charge in [-0.15, -0.1) is 0 Å². The van der Waals surface area contributed by atoms with Gasteiger partial charge in [-0.2, -0.15) is 5.26 Å². The number of nitrogens with one attached hydrogen (secondary N) is 1. The maximum Gasteiger partial charge on any atom is 0.220 e. The number of carbonyl (C=O) groups excluding carboxylic acids is 1. The fraction of sp³-hybridized carbons (Fsp3) is 0.533. The lowest BCUT2D eigenvalue weighted by atomic mass is 9.87. The minimum atomic E-state index is -0.554. The van der Waals surface area contributed by atoms with Crippen molar-refractivity contribution in [1.29, 1.82) is 5.26 Å². The number of halogens is 1. The lowest BCUT2D eigenvalue weighted by Crippen LogP contribution is -2.26. The molecule has 0 aliphatic heterocycles. The second kappa shape index (κ2) is 6.99. The molecule has 1 aromatic heterocycles. The molecule has 0 unspecified atom stereocenters. The zero-order chi connectivity index (χ0) is 14.4. The Hall–Kier alpha value is -1.96. The van der Waals surface area contributed by atoms with Gasteiger partial charge in [0.05, 0.1) is 17.8 Å². The van der Waals surface area contributed by atoms with Crippen molar-refractivity contribution in [3.63, 3.8) is 0 Å². The van der Waals surface area contributed by atoms with Gasteiger partial charge in [-0.05, 0) is 24.8 Å². The molecule has 0 bridgehead atoms. The van der Waals surface area contributed by atoms with Crippen LogP contribution in [0.15, 0.2) is 12.3 Å². The van der Waals surface area contributed by atoms with Crippen molar-refractivity contribution in [2.24, 2.45) is 5.92 Å². The quantitative estimate of drug-likeness (QED) is 0.918. The topological polar surface area (TPSA) is 65.8 Å². The molecule has 106 valence electrons. The third-order valence-corrected chi connectivity index (χ3v) is 3.70. The van der Waals surface area contributed by atoms with Gasteiger partial charge >= 0.3 is 0 Å². The SMILES string of the molecule is N#Cc1cnc(CNC(=O)CC2CCCCC2)c(F)c1. The van der Waals surface area contributed by atoms with Crippen molar-refractivity contribution in [2.45, 2.75) is 45.1 Å². The van der Waals surface area contributed by atoms with Gasteiger partial charge in [-0.3, -0.25) is 9.78 Å². The van der Waals surface area contributed by atoms with E-state index < -0.39 is 5.82 Å². The highest BCUT2D eigenvalue weighted by atomic mass is 19.1. The van der Waals surface area contributed by atoms with Gasteiger partial charge < -0.3 is 5.32 Å². The van der Waals surface area contributed by atoms with Gasteiger partial charge in [0.15, 0.2) is 0 Å². The van der Waals surface area contributed by atoms with Crippen LogP contribution in [-0.4, -0.2) is 10.9 Å². The third kappa shape index (κ3) is 4.02. The standard InChI is InChI=1S/C15H18FN3O/c16-13-6-12(8-17)9-18-14(13)10-19-15(20)7-11-4-2-1-3-5-11/h6,9,11H,1-5,7,10H2,(H,19,20). The Kier molecular flexibility index (Phi) is 5.05. The van der Waals surface area contributed by atoms with E-state index in [2.05, 4.69) is 10.3 Å². The van der Waals surface area contributed by atoms with Crippen LogP contribution in [0, 0.1) is 23.1 Å². The van der Waals surface area contributed by atoms with Crippen molar-refractivity contribution in [3.8, 4) is 6.07 Å². The van der Waals surface area contributed by atoms with Crippen LogP contribution in [0.4, 0.5) is 4.39 Å². The van der Waals surface area contributed by atoms with Crippen LogP contribution in [-0.2, 0) is 11.3 Å². The molecule has 0 atom stereocenters. The molecule has 1 aromatic rings. The van der Waals surface area contributed by atoms with E-state index in [4.69, 9.17) is 5.26 Å². The molecule has 1 N–H and O–H groups in total. The second-order valence-corrected chi connectivity index (χ2v) is 5.25. The van der Waals surface area contributed by atoms with E-state index in [0.29, 0.717) is 12.3 Å². The van der Waals surface area contributed by atoms with E-state index in [0.717, 1.165) is 18.9 Å². The number of nitrogens with zero attached hydrogens (tertiary/aromatic N) is 2. The van der Waals surface area contributed by atoms with E-state index in [-0.39, 0.29) is 23.7 Å². The van der Waals surface area contributed by atoms with Crippen molar-refractivity contribution in [1.82, 2.24) is 10.3 Å². The number of carbonyl (C=O) groups is 1. The van der Waals surface area contributed by atoms with Gasteiger partial charge in [0.2, 0.25) is 5.91 Å². The fourth-order valence-electron chi connectivity index (χ4n) is 2.57. The Morgan fingerprint density at radius 2 is 2.20 bits per heavy atom. The number of aromatic nitrogens is 1. The van der Waals surface area contributed by atoms with Crippen molar-refractivity contribution < 1.29 is 9.18 Å². The zero-order valence-corrected chi connectivity index (χ0v) is 11.4. The Morgan fingerprint density at radius 3 is 2.85 bits per heavy atom. The maximum atomic E-state index is 13.6. The number of hydrogen-bond acceptors (Lipinski definition) is 3. The van der Waals surface area contributed by atoms with E-state index in [1.807, 2.05) is 6.07 Å². The molecule has 20 heavy (non-hydrogen) atoms. The summed E-state index contributed by atoms with van der Waals surface area (Å²) in [5.41, 5.74) is 0.348. The van der Waals surface area contributed by atoms with Gasteiger partial charge in [0.25, 0.3) is 0 Å². The predicted molar refractivity (Wildman–Crippen MR) is 71.9 cm³/mol. The summed E-state index contributed by atoms with van der Waals surface area (Å²) in [6, 6.07) is 2.96. The summed E-state index contributed by atoms with van der Waals surface area (Å²) in [7, 11) is 0. The van der Waals surface area contributed by atoms with E-state index >= 15 is 0 Å². The molecule has 0 saturated heterocycles. The molecule has 1 amide bonds. The van der Waals surface area contributed by atoms with Crippen LogP contribution in [0.5, 0.6) is 0 Å². The normalized spacial score (nSPS) is 15.6. The van der Waals surface area contributed by atoms with Gasteiger partial charge in [-0.1, -0.05) is 19.3 Å². The average molecular weight is 275 g/mol. The first-order valence-electron chi connectivity index (χ1n) is 7.00. The Balaban J connectivity index is 1.82. The molecule has 0 radical (unpaired) electrons. The summed E-state index contributed by atoms with van der Waals surface area (Å²) in [4.78, 5) is 15.7. The smallest absolute Gasteiger partial charge is 0.220 e. The summed E-state index contributed by atoms with van der Waals surface area (Å²) in [5, 5.41) is 11.3.